The van der Waals surface area contributed by atoms with E-state index in [0.29, 0.717) is 0 Å². The van der Waals surface area contributed by atoms with Gasteiger partial charge in [0.2, 0.25) is 0 Å². The van der Waals surface area contributed by atoms with Crippen LogP contribution in [-0.2, 0) is 5.41 Å². The van der Waals surface area contributed by atoms with E-state index in [1.54, 1.807) is 0 Å². The number of benzene rings is 2. The zero-order valence-electron chi connectivity index (χ0n) is 11.9. The molecule has 0 N–H and O–H groups in total. The highest BCUT2D eigenvalue weighted by molar-refractivity contribution is 9.09. The quantitative estimate of drug-likeness (QED) is 0.633. The minimum Gasteiger partial charge on any atom is -0.0918 e. The van der Waals surface area contributed by atoms with Gasteiger partial charge in [-0.1, -0.05) is 83.5 Å². The van der Waals surface area contributed by atoms with Gasteiger partial charge in [0.25, 0.3) is 0 Å². The van der Waals surface area contributed by atoms with E-state index < -0.39 is 0 Å². The van der Waals surface area contributed by atoms with Crippen molar-refractivity contribution in [2.75, 3.05) is 5.33 Å². The molecule has 1 saturated carbocycles. The van der Waals surface area contributed by atoms with Gasteiger partial charge in [-0.25, -0.2) is 0 Å². The summed E-state index contributed by atoms with van der Waals surface area (Å²) < 4.78 is 0. The van der Waals surface area contributed by atoms with Crippen LogP contribution in [0.1, 0.15) is 36.8 Å². The molecule has 0 heterocycles. The number of rotatable bonds is 5. The van der Waals surface area contributed by atoms with Crippen LogP contribution in [0, 0.1) is 5.92 Å². The van der Waals surface area contributed by atoms with Gasteiger partial charge in [-0.05, 0) is 35.8 Å². The summed E-state index contributed by atoms with van der Waals surface area (Å²) in [6.07, 6.45) is 2.51. The average Bonchev–Trinajstić information content (AvgIpc) is 3.32. The van der Waals surface area contributed by atoms with Crippen molar-refractivity contribution in [3.63, 3.8) is 0 Å². The van der Waals surface area contributed by atoms with Crippen LogP contribution < -0.4 is 0 Å². The summed E-state index contributed by atoms with van der Waals surface area (Å²) in [6, 6.07) is 22.0. The maximum absolute atomic E-state index is 3.81. The molecule has 0 nitrogen and oxygen atoms in total. The fourth-order valence-electron chi connectivity index (χ4n) is 3.60. The molecule has 3 unspecified atom stereocenters. The summed E-state index contributed by atoms with van der Waals surface area (Å²) in [5, 5.41) is 1.05. The lowest BCUT2D eigenvalue weighted by Gasteiger charge is -2.32. The first-order valence-corrected chi connectivity index (χ1v) is 8.60. The predicted molar refractivity (Wildman–Crippen MR) is 89.5 cm³/mol. The van der Waals surface area contributed by atoms with Crippen LogP contribution in [0.2, 0.25) is 0 Å². The minimum atomic E-state index is 0.280. The summed E-state index contributed by atoms with van der Waals surface area (Å²) in [5.74, 6) is 1.49. The first-order valence-electron chi connectivity index (χ1n) is 7.48. The summed E-state index contributed by atoms with van der Waals surface area (Å²) >= 11 is 3.81. The number of alkyl halides is 1. The lowest BCUT2D eigenvalue weighted by Crippen LogP contribution is -2.30. The van der Waals surface area contributed by atoms with Gasteiger partial charge < -0.3 is 0 Å². The Labute approximate surface area is 130 Å². The molecule has 2 aromatic rings. The SMILES string of the molecule is CCC(CBr)(c1ccccc1)C1CC1c1ccccc1. The van der Waals surface area contributed by atoms with Crippen molar-refractivity contribution in [1.82, 2.24) is 0 Å². The van der Waals surface area contributed by atoms with Crippen LogP contribution in [0.25, 0.3) is 0 Å². The molecule has 2 aromatic carbocycles. The zero-order chi connectivity index (χ0) is 14.0. The normalized spacial score (nSPS) is 24.1. The van der Waals surface area contributed by atoms with Gasteiger partial charge in [0.15, 0.2) is 0 Å². The van der Waals surface area contributed by atoms with E-state index in [-0.39, 0.29) is 5.41 Å². The van der Waals surface area contributed by atoms with Crippen LogP contribution in [0.4, 0.5) is 0 Å². The van der Waals surface area contributed by atoms with Crippen molar-refractivity contribution in [2.24, 2.45) is 5.92 Å². The molecule has 1 fully saturated rings. The molecule has 3 rings (SSSR count). The largest absolute Gasteiger partial charge is 0.0918 e. The minimum absolute atomic E-state index is 0.280. The van der Waals surface area contributed by atoms with Crippen LogP contribution in [-0.4, -0.2) is 5.33 Å². The Kier molecular flexibility index (Phi) is 3.98. The van der Waals surface area contributed by atoms with E-state index in [9.17, 15) is 0 Å². The fraction of sp³-hybridized carbons (Fsp3) is 0.368. The summed E-state index contributed by atoms with van der Waals surface area (Å²) in [6.45, 7) is 2.33. The Morgan fingerprint density at radius 3 is 2.15 bits per heavy atom. The topological polar surface area (TPSA) is 0 Å². The molecule has 104 valence electrons. The molecule has 0 aliphatic heterocycles. The van der Waals surface area contributed by atoms with Gasteiger partial charge in [0, 0.05) is 10.7 Å². The monoisotopic (exact) mass is 328 g/mol. The second kappa shape index (κ2) is 5.73. The molecule has 1 aliphatic rings. The van der Waals surface area contributed by atoms with Gasteiger partial charge in [-0.3, -0.25) is 0 Å². The maximum Gasteiger partial charge on any atom is 0.0131 e. The van der Waals surface area contributed by atoms with E-state index in [1.807, 2.05) is 0 Å². The van der Waals surface area contributed by atoms with Crippen molar-refractivity contribution in [1.29, 1.82) is 0 Å². The highest BCUT2D eigenvalue weighted by atomic mass is 79.9. The lowest BCUT2D eigenvalue weighted by atomic mass is 9.74. The van der Waals surface area contributed by atoms with Crippen molar-refractivity contribution < 1.29 is 0 Å². The molecule has 1 heteroatoms. The van der Waals surface area contributed by atoms with Crippen molar-refractivity contribution in [3.05, 3.63) is 71.8 Å². The predicted octanol–water partition coefficient (Wildman–Crippen LogP) is 5.53. The molecule has 0 radical (unpaired) electrons. The maximum atomic E-state index is 3.81. The molecular formula is C19H21Br. The number of hydrogen-bond donors (Lipinski definition) is 0. The van der Waals surface area contributed by atoms with Crippen LogP contribution in [0.15, 0.2) is 60.7 Å². The number of halogens is 1. The van der Waals surface area contributed by atoms with E-state index in [0.717, 1.165) is 17.2 Å². The molecule has 20 heavy (non-hydrogen) atoms. The summed E-state index contributed by atoms with van der Waals surface area (Å²) in [7, 11) is 0. The third kappa shape index (κ3) is 2.33. The van der Waals surface area contributed by atoms with Gasteiger partial charge in [0.1, 0.15) is 0 Å². The first-order chi connectivity index (χ1) is 9.81. The van der Waals surface area contributed by atoms with Crippen molar-refractivity contribution in [3.8, 4) is 0 Å². The van der Waals surface area contributed by atoms with Crippen molar-refractivity contribution in [2.45, 2.75) is 31.1 Å². The molecule has 0 bridgehead atoms. The van der Waals surface area contributed by atoms with Gasteiger partial charge in [-0.2, -0.15) is 0 Å². The van der Waals surface area contributed by atoms with Gasteiger partial charge in [-0.15, -0.1) is 0 Å². The third-order valence-corrected chi connectivity index (χ3v) is 5.95. The molecule has 0 saturated heterocycles. The van der Waals surface area contributed by atoms with E-state index in [1.165, 1.54) is 24.0 Å². The Hall–Kier alpha value is -1.08. The third-order valence-electron chi connectivity index (χ3n) is 4.95. The van der Waals surface area contributed by atoms with Crippen LogP contribution >= 0.6 is 15.9 Å². The molecule has 3 atom stereocenters. The van der Waals surface area contributed by atoms with Gasteiger partial charge in [0.05, 0.1) is 0 Å². The standard InChI is InChI=1S/C19H21Br/c1-2-19(14-20,16-11-7-4-8-12-16)18-13-17(18)15-9-5-3-6-10-15/h3-12,17-18H,2,13-14H2,1H3. The van der Waals surface area contributed by atoms with E-state index in [2.05, 4.69) is 83.5 Å². The van der Waals surface area contributed by atoms with E-state index >= 15 is 0 Å². The van der Waals surface area contributed by atoms with Crippen LogP contribution in [0.5, 0.6) is 0 Å². The lowest BCUT2D eigenvalue weighted by molar-refractivity contribution is 0.398. The molecule has 1 aliphatic carbocycles. The Morgan fingerprint density at radius 1 is 1.00 bits per heavy atom. The van der Waals surface area contributed by atoms with E-state index in [4.69, 9.17) is 0 Å². The summed E-state index contributed by atoms with van der Waals surface area (Å²) in [4.78, 5) is 0. The second-order valence-corrected chi connectivity index (χ2v) is 6.43. The molecule has 0 amide bonds. The Morgan fingerprint density at radius 2 is 1.60 bits per heavy atom. The summed E-state index contributed by atoms with van der Waals surface area (Å²) in [5.41, 5.74) is 3.27. The Balaban J connectivity index is 1.90. The highest BCUT2D eigenvalue weighted by Gasteiger charge is 2.52. The average molecular weight is 329 g/mol. The van der Waals surface area contributed by atoms with Crippen molar-refractivity contribution >= 4 is 15.9 Å². The highest BCUT2D eigenvalue weighted by Crippen LogP contribution is 2.59. The zero-order valence-corrected chi connectivity index (χ0v) is 13.5. The molecule has 0 spiro atoms. The molecular weight excluding hydrogens is 308 g/mol. The fourth-order valence-corrected chi connectivity index (χ4v) is 4.73. The smallest absolute Gasteiger partial charge is 0.0131 e. The molecule has 0 aromatic heterocycles. The number of hydrogen-bond acceptors (Lipinski definition) is 0. The first kappa shape index (κ1) is 13.9. The van der Waals surface area contributed by atoms with Crippen LogP contribution in [0.3, 0.4) is 0 Å². The Bertz CT molecular complexity index is 542. The second-order valence-electron chi connectivity index (χ2n) is 5.87. The van der Waals surface area contributed by atoms with Gasteiger partial charge >= 0.3 is 0 Å².